The zero-order chi connectivity index (χ0) is 70.3. The molecule has 31 rings (SSSR count). The molecule has 0 amide bonds. The summed E-state index contributed by atoms with van der Waals surface area (Å²) in [5.41, 5.74) is -0.159. The molecule has 30 fully saturated rings. The number of thioether (sulfide) groups is 1. The van der Waals surface area contributed by atoms with Crippen LogP contribution in [0.5, 0.6) is 0 Å². The summed E-state index contributed by atoms with van der Waals surface area (Å²) in [7, 11) is 0. The fourth-order valence-electron chi connectivity index (χ4n) is 12.8. The van der Waals surface area contributed by atoms with Gasteiger partial charge in [-0.2, -0.15) is 0 Å². The molecule has 1 aromatic carbocycles. The molecule has 16 bridgehead atoms. The van der Waals surface area contributed by atoms with E-state index in [0.717, 1.165) is 11.8 Å². The Morgan fingerprint density at radius 1 is 0.278 bits per heavy atom. The molecule has 24 unspecified atom stereocenters. The Labute approximate surface area is 551 Å². The minimum atomic E-state index is -2.28. The maximum atomic E-state index is 11.9. The Balaban J connectivity index is 0.933. The van der Waals surface area contributed by atoms with Crippen LogP contribution in [0.2, 0.25) is 0 Å². The highest BCUT2D eigenvalue weighted by Gasteiger charge is 2.60. The van der Waals surface area contributed by atoms with Crippen LogP contribution in [0.4, 0.5) is 0 Å². The molecule has 0 saturated carbocycles. The van der Waals surface area contributed by atoms with Gasteiger partial charge in [-0.25, -0.2) is 4.79 Å². The summed E-state index contributed by atoms with van der Waals surface area (Å²) < 4.78 is 92.8. The summed E-state index contributed by atoms with van der Waals surface area (Å²) in [6.07, 6.45) is -82.5. The number of rotatable bonds is 11. The zero-order valence-electron chi connectivity index (χ0n) is 50.6. The minimum absolute atomic E-state index is 0.159. The fraction of sp³-hybridized carbons (Fsp3) is 0.873. The standard InChI is InChI=1S/C55H84O41S/c56-5-15-39-23(63)31(71)48(81-15)90-40-16(6-57)83-50(33(73)25(40)65)92-42-18(8-59)85-52(35(75)27(42)67)94-44-20(10-61)87-54(37(77)29(44)69)96-46-22(12-97-14-3-1-2-13(4-14)47(79)80)88-55(38(78)30(46)70)95-45-21(11-62)86-53(36(76)28(45)68)93-43-19(9-60)84-51(34(74)26(43)66)91-41-17(7-58)82-49(89-39)32(72)24(41)64/h1-4,15-46,48-78H,5-12H2,(H,79,80)/t15?,16?,17?,18?,19?,20?,21?,22?,23?,24?,25?,26?,27?,28?,29?,30?,31?,32?,33?,34?,35?,36?,37?,38?,39-,40-,41-,42-,43-,44-,45-,46-,48-,49-,50-,51-,52-,53-,54-,55-/m1/s1. The smallest absolute Gasteiger partial charge is 0.335 e. The van der Waals surface area contributed by atoms with Crippen LogP contribution in [0.25, 0.3) is 0 Å². The van der Waals surface area contributed by atoms with Crippen molar-refractivity contribution in [3.8, 4) is 0 Å². The molecule has 0 radical (unpaired) electrons. The van der Waals surface area contributed by atoms with Gasteiger partial charge < -0.3 is 198 Å². The lowest BCUT2D eigenvalue weighted by atomic mass is 9.95. The lowest BCUT2D eigenvalue weighted by molar-refractivity contribution is -0.403. The second-order valence-electron chi connectivity index (χ2n) is 24.4. The van der Waals surface area contributed by atoms with E-state index in [9.17, 15) is 127 Å². The SMILES string of the molecule is O=C(O)c1cccc(SCC2O[C@@H]3O[C@@H]4C(CO)O[C@H](O[C@@H]5C(CO)O[C@H](O[C@@H]6C(CO)O[C@H](O[C@@H]7C(CO)O[C@H](O[C@@H]8C(CO)O[C@H](O[C@@H]9C(CO)O[C@H](O[C@@H]%10C(CO)O[C@H](O[C@H]2C(O)C3O)C(O)C%10O)C(O)C9O)C(O)C8O)C(O)C7O)C(O)C6O)C(O)C5O)C(O)C4O)c1. The Hall–Kier alpha value is -2.52. The maximum absolute atomic E-state index is 11.9. The van der Waals surface area contributed by atoms with Crippen molar-refractivity contribution < 1.29 is 203 Å². The molecule has 30 aliphatic heterocycles. The highest BCUT2D eigenvalue weighted by molar-refractivity contribution is 7.99. The van der Waals surface area contributed by atoms with E-state index in [2.05, 4.69) is 0 Å². The Morgan fingerprint density at radius 2 is 0.464 bits per heavy atom. The molecule has 24 N–H and O–H groups in total. The van der Waals surface area contributed by atoms with Crippen molar-refractivity contribution in [3.05, 3.63) is 29.8 Å². The first kappa shape index (κ1) is 77.1. The zero-order valence-corrected chi connectivity index (χ0v) is 51.5. The molecule has 0 aliphatic carbocycles. The predicted octanol–water partition coefficient (Wildman–Crippen LogP) is -14.9. The van der Waals surface area contributed by atoms with Crippen molar-refractivity contribution in [2.24, 2.45) is 0 Å². The van der Waals surface area contributed by atoms with Gasteiger partial charge in [0.2, 0.25) is 0 Å². The first-order valence-corrected chi connectivity index (χ1v) is 31.8. The lowest BCUT2D eigenvalue weighted by Gasteiger charge is -2.50. The second kappa shape index (κ2) is 33.1. The molecule has 42 heteroatoms. The molecular weight excluding hydrogens is 1350 g/mol. The van der Waals surface area contributed by atoms with Gasteiger partial charge in [-0.05, 0) is 18.2 Å². The quantitative estimate of drug-likeness (QED) is 0.0915. The van der Waals surface area contributed by atoms with Gasteiger partial charge in [0.25, 0.3) is 0 Å². The van der Waals surface area contributed by atoms with Crippen LogP contribution in [-0.4, -0.2) is 426 Å². The van der Waals surface area contributed by atoms with E-state index in [0.29, 0.717) is 0 Å². The number of carboxylic acids is 1. The molecule has 0 spiro atoms. The van der Waals surface area contributed by atoms with Crippen LogP contribution in [0, 0.1) is 0 Å². The van der Waals surface area contributed by atoms with Crippen LogP contribution in [0.15, 0.2) is 29.2 Å². The van der Waals surface area contributed by atoms with Crippen LogP contribution < -0.4 is 0 Å². The van der Waals surface area contributed by atoms with Gasteiger partial charge in [0.05, 0.1) is 57.9 Å². The number of aliphatic hydroxyl groups excluding tert-OH is 23. The van der Waals surface area contributed by atoms with Crippen LogP contribution in [0.1, 0.15) is 10.4 Å². The van der Waals surface area contributed by atoms with E-state index in [4.69, 9.17) is 75.8 Å². The third kappa shape index (κ3) is 15.8. The summed E-state index contributed by atoms with van der Waals surface area (Å²) >= 11 is 0.887. The molecule has 1 aromatic rings. The second-order valence-corrected chi connectivity index (χ2v) is 25.5. The van der Waals surface area contributed by atoms with Gasteiger partial charge in [-0.3, -0.25) is 0 Å². The van der Waals surface area contributed by atoms with Gasteiger partial charge in [0.1, 0.15) is 189 Å². The fourth-order valence-corrected chi connectivity index (χ4v) is 13.8. The van der Waals surface area contributed by atoms with Gasteiger partial charge in [-0.15, -0.1) is 11.8 Å². The number of ether oxygens (including phenoxy) is 16. The lowest BCUT2D eigenvalue weighted by Crippen LogP contribution is -2.69. The predicted molar refractivity (Wildman–Crippen MR) is 298 cm³/mol. The maximum Gasteiger partial charge on any atom is 0.335 e. The molecule has 97 heavy (non-hydrogen) atoms. The number of carboxylic acid groups (broad SMARTS) is 1. The van der Waals surface area contributed by atoms with Gasteiger partial charge >= 0.3 is 5.97 Å². The van der Waals surface area contributed by atoms with Crippen molar-refractivity contribution in [1.82, 2.24) is 0 Å². The topological polar surface area (TPSA) is 650 Å². The summed E-state index contributed by atoms with van der Waals surface area (Å²) in [6, 6.07) is 5.43. The van der Waals surface area contributed by atoms with Crippen LogP contribution in [0.3, 0.4) is 0 Å². The number of hydrogen-bond donors (Lipinski definition) is 24. The summed E-state index contributed by atoms with van der Waals surface area (Å²) in [5, 5.41) is 268. The number of aromatic carboxylic acids is 1. The van der Waals surface area contributed by atoms with E-state index in [1.807, 2.05) is 0 Å². The first-order chi connectivity index (χ1) is 46.2. The Morgan fingerprint density at radius 3 is 0.649 bits per heavy atom. The molecule has 30 aliphatic rings. The van der Waals surface area contributed by atoms with Gasteiger partial charge in [0.15, 0.2) is 50.3 Å². The van der Waals surface area contributed by atoms with Crippen molar-refractivity contribution in [2.75, 3.05) is 52.0 Å². The van der Waals surface area contributed by atoms with Crippen molar-refractivity contribution in [3.63, 3.8) is 0 Å². The Kier molecular flexibility index (Phi) is 26.3. The average molecular weight is 1430 g/mol. The third-order valence-electron chi connectivity index (χ3n) is 18.2. The molecule has 41 nitrogen and oxygen atoms in total. The van der Waals surface area contributed by atoms with Crippen LogP contribution >= 0.6 is 11.8 Å². The number of hydrogen-bond acceptors (Lipinski definition) is 41. The van der Waals surface area contributed by atoms with E-state index in [1.165, 1.54) is 24.3 Å². The highest BCUT2D eigenvalue weighted by atomic mass is 32.2. The number of aliphatic hydroxyl groups is 23. The number of carbonyl (C=O) groups is 1. The summed E-state index contributed by atoms with van der Waals surface area (Å²) in [4.78, 5) is 12.2. The monoisotopic (exact) mass is 1430 g/mol. The normalized spacial score (nSPS) is 51.2. The van der Waals surface area contributed by atoms with Crippen molar-refractivity contribution in [1.29, 1.82) is 0 Å². The minimum Gasteiger partial charge on any atom is -0.478 e. The van der Waals surface area contributed by atoms with Gasteiger partial charge in [-0.1, -0.05) is 6.07 Å². The summed E-state index contributed by atoms with van der Waals surface area (Å²) in [5.74, 6) is -1.68. The number of benzene rings is 1. The van der Waals surface area contributed by atoms with Gasteiger partial charge in [0, 0.05) is 10.6 Å². The average Bonchev–Trinajstić information content (AvgIpc) is 0.780. The highest BCUT2D eigenvalue weighted by Crippen LogP contribution is 2.41. The largest absolute Gasteiger partial charge is 0.478 e. The molecule has 40 atom stereocenters. The van der Waals surface area contributed by atoms with Crippen molar-refractivity contribution in [2.45, 2.75) is 251 Å². The van der Waals surface area contributed by atoms with E-state index in [-0.39, 0.29) is 16.2 Å². The van der Waals surface area contributed by atoms with E-state index >= 15 is 0 Å². The molecule has 30 heterocycles. The molecule has 556 valence electrons. The van der Waals surface area contributed by atoms with Crippen LogP contribution in [-0.2, 0) is 75.8 Å². The molecule has 0 aromatic heterocycles. The third-order valence-corrected chi connectivity index (χ3v) is 19.3. The van der Waals surface area contributed by atoms with E-state index in [1.54, 1.807) is 0 Å². The van der Waals surface area contributed by atoms with E-state index < -0.39 is 298 Å². The first-order valence-electron chi connectivity index (χ1n) is 30.8. The molecule has 30 saturated heterocycles. The molecular formula is C55H84O41S. The Bertz CT molecular complexity index is 2630. The van der Waals surface area contributed by atoms with Crippen molar-refractivity contribution >= 4 is 17.7 Å². The summed E-state index contributed by atoms with van der Waals surface area (Å²) in [6.45, 7) is -7.66.